The van der Waals surface area contributed by atoms with Crippen molar-refractivity contribution in [1.82, 2.24) is 14.4 Å². The van der Waals surface area contributed by atoms with Crippen molar-refractivity contribution in [2.45, 2.75) is 33.1 Å². The van der Waals surface area contributed by atoms with Crippen LogP contribution in [0, 0.1) is 19.1 Å². The summed E-state index contributed by atoms with van der Waals surface area (Å²) in [5.41, 5.74) is 10.5. The molecule has 245 valence electrons. The van der Waals surface area contributed by atoms with E-state index in [-0.39, 0.29) is 25.5 Å². The molecule has 10 aromatic rings. The SMILES string of the molecule is Cc1cc2c3cc(-c4cc(C(C)(C)C)ccn4)[c-]cc3n3c4cc5sc6ccccc6c5cc4c(c1)c23.[Ir].[c-]1ccccc1-c1ccccn1. The van der Waals surface area contributed by atoms with Crippen LogP contribution in [0.15, 0.2) is 128 Å². The molecule has 5 aromatic carbocycles. The van der Waals surface area contributed by atoms with Crippen LogP contribution in [0.4, 0.5) is 0 Å². The zero-order valence-electron chi connectivity index (χ0n) is 28.2. The fourth-order valence-corrected chi connectivity index (χ4v) is 8.23. The van der Waals surface area contributed by atoms with Crippen molar-refractivity contribution in [1.29, 1.82) is 0 Å². The van der Waals surface area contributed by atoms with Crippen molar-refractivity contribution >= 4 is 69.6 Å². The minimum atomic E-state index is 0. The van der Waals surface area contributed by atoms with Crippen LogP contribution < -0.4 is 0 Å². The number of nitrogens with zero attached hydrogens (tertiary/aromatic N) is 3. The number of pyridine rings is 2. The quantitative estimate of drug-likeness (QED) is 0.162. The molecule has 5 heteroatoms. The first-order valence-corrected chi connectivity index (χ1v) is 17.5. The van der Waals surface area contributed by atoms with Gasteiger partial charge in [-0.3, -0.25) is 0 Å². The largest absolute Gasteiger partial charge is 0.350 e. The third-order valence-corrected chi connectivity index (χ3v) is 10.6. The Kier molecular flexibility index (Phi) is 8.03. The van der Waals surface area contributed by atoms with Crippen LogP contribution in [0.1, 0.15) is 31.9 Å². The average molecular weight is 840 g/mol. The fourth-order valence-electron chi connectivity index (χ4n) is 7.11. The van der Waals surface area contributed by atoms with Crippen LogP contribution in [0.25, 0.3) is 80.8 Å². The second-order valence-electron chi connectivity index (χ2n) is 13.8. The van der Waals surface area contributed by atoms with E-state index in [4.69, 9.17) is 4.98 Å². The van der Waals surface area contributed by atoms with Crippen LogP contribution in [0.3, 0.4) is 0 Å². The second kappa shape index (κ2) is 12.4. The van der Waals surface area contributed by atoms with Gasteiger partial charge >= 0.3 is 0 Å². The van der Waals surface area contributed by atoms with Crippen molar-refractivity contribution in [2.75, 3.05) is 0 Å². The topological polar surface area (TPSA) is 30.2 Å². The maximum Gasteiger partial charge on any atom is 0.0516 e. The molecule has 10 rings (SSSR count). The van der Waals surface area contributed by atoms with E-state index in [1.165, 1.54) is 69.4 Å². The molecule has 1 radical (unpaired) electrons. The van der Waals surface area contributed by atoms with Gasteiger partial charge in [0.05, 0.1) is 5.52 Å². The Labute approximate surface area is 308 Å². The van der Waals surface area contributed by atoms with Gasteiger partial charge in [0, 0.05) is 69.0 Å². The fraction of sp³-hybridized carbons (Fsp3) is 0.111. The summed E-state index contributed by atoms with van der Waals surface area (Å²) in [5.74, 6) is 0. The van der Waals surface area contributed by atoms with Crippen molar-refractivity contribution in [3.8, 4) is 22.5 Å². The van der Waals surface area contributed by atoms with Crippen molar-refractivity contribution in [2.24, 2.45) is 0 Å². The molecule has 0 unspecified atom stereocenters. The van der Waals surface area contributed by atoms with Crippen molar-refractivity contribution in [3.63, 3.8) is 0 Å². The Balaban J connectivity index is 0.000000236. The summed E-state index contributed by atoms with van der Waals surface area (Å²) in [4.78, 5) is 8.94. The van der Waals surface area contributed by atoms with Crippen molar-refractivity contribution in [3.05, 3.63) is 151 Å². The third-order valence-electron chi connectivity index (χ3n) is 9.52. The van der Waals surface area contributed by atoms with Gasteiger partial charge in [-0.05, 0) is 82.2 Å². The van der Waals surface area contributed by atoms with Crippen LogP contribution >= 0.6 is 11.3 Å². The summed E-state index contributed by atoms with van der Waals surface area (Å²) in [6.07, 6.45) is 3.71. The van der Waals surface area contributed by atoms with E-state index >= 15 is 0 Å². The maximum absolute atomic E-state index is 4.72. The average Bonchev–Trinajstić information content (AvgIpc) is 3.77. The van der Waals surface area contributed by atoms with E-state index in [9.17, 15) is 0 Å². The number of aromatic nitrogens is 3. The summed E-state index contributed by atoms with van der Waals surface area (Å²) in [6, 6.07) is 47.4. The Bertz CT molecular complexity index is 2770. The van der Waals surface area contributed by atoms with Gasteiger partial charge in [0.15, 0.2) is 0 Å². The monoisotopic (exact) mass is 840 g/mol. The Morgan fingerprint density at radius 2 is 1.36 bits per heavy atom. The molecule has 0 spiro atoms. The number of hydrogen-bond donors (Lipinski definition) is 0. The summed E-state index contributed by atoms with van der Waals surface area (Å²) >= 11 is 1.88. The van der Waals surface area contributed by atoms with Crippen LogP contribution in [-0.2, 0) is 25.5 Å². The van der Waals surface area contributed by atoms with Gasteiger partial charge in [0.25, 0.3) is 0 Å². The van der Waals surface area contributed by atoms with Crippen LogP contribution in [0.2, 0.25) is 0 Å². The number of aryl methyl sites for hydroxylation is 1. The molecule has 0 fully saturated rings. The molecule has 0 saturated heterocycles. The van der Waals surface area contributed by atoms with Gasteiger partial charge in [-0.1, -0.05) is 68.6 Å². The number of thiophene rings is 1. The second-order valence-corrected chi connectivity index (χ2v) is 14.9. The maximum atomic E-state index is 4.72. The van der Waals surface area contributed by atoms with E-state index in [0.717, 1.165) is 22.5 Å². The normalized spacial score (nSPS) is 11.8. The van der Waals surface area contributed by atoms with E-state index in [1.54, 1.807) is 6.20 Å². The van der Waals surface area contributed by atoms with Gasteiger partial charge < -0.3 is 14.4 Å². The van der Waals surface area contributed by atoms with Gasteiger partial charge in [-0.15, -0.1) is 71.0 Å². The predicted octanol–water partition coefficient (Wildman–Crippen LogP) is 12.2. The molecule has 3 nitrogen and oxygen atoms in total. The van der Waals surface area contributed by atoms with Crippen LogP contribution in [-0.4, -0.2) is 14.4 Å². The predicted molar refractivity (Wildman–Crippen MR) is 208 cm³/mol. The first-order valence-electron chi connectivity index (χ1n) is 16.6. The standard InChI is InChI=1S/C34H25N2S.C11H8N.Ir/c1-19-13-26-23-15-20(28-16-21(11-12-35-28)34(2,3)4)9-10-29(23)36-30-18-32-25(17-24(30)27(14-19)33(26)36)22-7-5-6-8-31(22)37-32;1-2-6-10(7-3-1)11-8-4-5-9-12-11;/h5-8,10-18H,1-4H3;1-6,8-9H;/q2*-1;. The zero-order valence-corrected chi connectivity index (χ0v) is 31.4. The van der Waals surface area contributed by atoms with E-state index in [0.29, 0.717) is 0 Å². The molecule has 0 aliphatic rings. The van der Waals surface area contributed by atoms with E-state index < -0.39 is 0 Å². The molecule has 0 amide bonds. The first-order chi connectivity index (χ1) is 23.8. The summed E-state index contributed by atoms with van der Waals surface area (Å²) in [5, 5.41) is 7.91. The Hall–Kier alpha value is -4.93. The molecule has 0 atom stereocenters. The van der Waals surface area contributed by atoms with Gasteiger partial charge in [-0.25, -0.2) is 0 Å². The summed E-state index contributed by atoms with van der Waals surface area (Å²) < 4.78 is 5.14. The number of benzene rings is 5. The molecule has 0 saturated carbocycles. The summed E-state index contributed by atoms with van der Waals surface area (Å²) in [6.45, 7) is 8.94. The molecule has 5 aromatic heterocycles. The van der Waals surface area contributed by atoms with Gasteiger partial charge in [0.1, 0.15) is 0 Å². The first kappa shape index (κ1) is 32.3. The van der Waals surface area contributed by atoms with Crippen LogP contribution in [0.5, 0.6) is 0 Å². The number of hydrogen-bond acceptors (Lipinski definition) is 3. The third kappa shape index (κ3) is 5.38. The molecule has 0 bridgehead atoms. The van der Waals surface area contributed by atoms with E-state index in [1.807, 2.05) is 60.0 Å². The Morgan fingerprint density at radius 3 is 2.12 bits per heavy atom. The number of rotatable bonds is 2. The zero-order chi connectivity index (χ0) is 33.3. The molecular weight excluding hydrogens is 807 g/mol. The molecule has 0 aliphatic carbocycles. The van der Waals surface area contributed by atoms with E-state index in [2.05, 4.69) is 122 Å². The molecular formula is C45H33IrN3S-2. The molecule has 0 N–H and O–H groups in total. The van der Waals surface area contributed by atoms with Crippen molar-refractivity contribution < 1.29 is 20.1 Å². The number of fused-ring (bicyclic) bond motifs is 9. The molecule has 50 heavy (non-hydrogen) atoms. The molecule has 0 aliphatic heterocycles. The Morgan fingerprint density at radius 1 is 0.600 bits per heavy atom. The summed E-state index contributed by atoms with van der Waals surface area (Å²) in [7, 11) is 0. The smallest absolute Gasteiger partial charge is 0.0516 e. The van der Waals surface area contributed by atoms with Gasteiger partial charge in [0.2, 0.25) is 0 Å². The molecule has 5 heterocycles. The minimum Gasteiger partial charge on any atom is -0.350 e. The van der Waals surface area contributed by atoms with Gasteiger partial charge in [-0.2, -0.15) is 0 Å². The minimum absolute atomic E-state index is 0.